The van der Waals surface area contributed by atoms with E-state index in [4.69, 9.17) is 11.6 Å². The first-order chi connectivity index (χ1) is 11.9. The molecule has 4 bridgehead atoms. The average molecular weight is 362 g/mol. The summed E-state index contributed by atoms with van der Waals surface area (Å²) < 4.78 is 0. The molecule has 4 aliphatic rings. The molecule has 0 radical (unpaired) electrons. The molecule has 0 heterocycles. The molecule has 0 unspecified atom stereocenters. The minimum atomic E-state index is -0.0979. The Kier molecular flexibility index (Phi) is 4.57. The van der Waals surface area contributed by atoms with Crippen molar-refractivity contribution in [2.75, 3.05) is 0 Å². The van der Waals surface area contributed by atoms with Gasteiger partial charge in [0.2, 0.25) is 0 Å². The van der Waals surface area contributed by atoms with Crippen LogP contribution in [0.5, 0.6) is 0 Å². The largest absolute Gasteiger partial charge is 0.345 e. The summed E-state index contributed by atoms with van der Waals surface area (Å²) in [4.78, 5) is 12.9. The van der Waals surface area contributed by atoms with E-state index in [2.05, 4.69) is 17.6 Å². The Morgan fingerprint density at radius 2 is 1.68 bits per heavy atom. The standard InChI is InChI=1S/C21H29ClN2O/c1-13(18-5-3-4-6-19(18)22)23-14(2)20(25)24-21-10-15-7-16(11-21)9-17(8-15)12-21/h3-6,13-17,23H,7-12H2,1-2H3,(H,24,25)/p+1/t13-,14-,15?,16?,17?,21?/m0/s1. The molecule has 4 fully saturated rings. The fourth-order valence-electron chi connectivity index (χ4n) is 6.11. The van der Waals surface area contributed by atoms with Gasteiger partial charge in [0.25, 0.3) is 5.91 Å². The van der Waals surface area contributed by atoms with Crippen LogP contribution in [0.15, 0.2) is 24.3 Å². The number of hydrogen-bond acceptors (Lipinski definition) is 1. The molecule has 1 aromatic rings. The van der Waals surface area contributed by atoms with Crippen molar-refractivity contribution in [1.29, 1.82) is 0 Å². The van der Waals surface area contributed by atoms with Crippen LogP contribution in [0.2, 0.25) is 5.02 Å². The Bertz CT molecular complexity index is 624. The summed E-state index contributed by atoms with van der Waals surface area (Å²) in [7, 11) is 0. The molecule has 0 spiro atoms. The third-order valence-electron chi connectivity index (χ3n) is 6.81. The van der Waals surface area contributed by atoms with Gasteiger partial charge in [-0.2, -0.15) is 0 Å². The molecule has 1 amide bonds. The Hall–Kier alpha value is -1.06. The van der Waals surface area contributed by atoms with Crippen LogP contribution in [0.4, 0.5) is 0 Å². The second-order valence-electron chi connectivity index (χ2n) is 8.98. The maximum atomic E-state index is 12.9. The number of quaternary nitrogens is 1. The zero-order valence-corrected chi connectivity index (χ0v) is 16.1. The molecule has 3 nitrogen and oxygen atoms in total. The average Bonchev–Trinajstić information content (AvgIpc) is 2.53. The third kappa shape index (κ3) is 3.46. The van der Waals surface area contributed by atoms with E-state index < -0.39 is 0 Å². The molecule has 25 heavy (non-hydrogen) atoms. The van der Waals surface area contributed by atoms with E-state index in [-0.39, 0.29) is 23.5 Å². The molecule has 136 valence electrons. The molecule has 4 saturated carbocycles. The number of hydrogen-bond donors (Lipinski definition) is 2. The number of amides is 1. The number of rotatable bonds is 5. The molecule has 0 aliphatic heterocycles. The van der Waals surface area contributed by atoms with Gasteiger partial charge >= 0.3 is 0 Å². The molecule has 5 rings (SSSR count). The SMILES string of the molecule is C[C@H]([NH2+][C@@H](C)c1ccccc1Cl)C(=O)NC12CC3CC(CC(C3)C1)C2. The van der Waals surface area contributed by atoms with Crippen molar-refractivity contribution in [3.63, 3.8) is 0 Å². The Labute approximate surface area is 155 Å². The fraction of sp³-hybridized carbons (Fsp3) is 0.667. The normalized spacial score (nSPS) is 35.4. The number of halogens is 1. The van der Waals surface area contributed by atoms with Gasteiger partial charge in [0.1, 0.15) is 6.04 Å². The molecule has 0 aromatic heterocycles. The fourth-order valence-corrected chi connectivity index (χ4v) is 6.42. The number of carbonyl (C=O) groups is 1. The van der Waals surface area contributed by atoms with Crippen LogP contribution in [0, 0.1) is 17.8 Å². The molecular weight excluding hydrogens is 332 g/mol. The zero-order valence-electron chi connectivity index (χ0n) is 15.3. The first-order valence-corrected chi connectivity index (χ1v) is 10.2. The smallest absolute Gasteiger partial charge is 0.278 e. The molecule has 1 aromatic carbocycles. The van der Waals surface area contributed by atoms with Gasteiger partial charge in [-0.15, -0.1) is 0 Å². The van der Waals surface area contributed by atoms with E-state index in [1.165, 1.54) is 38.5 Å². The van der Waals surface area contributed by atoms with Gasteiger partial charge in [-0.05, 0) is 76.2 Å². The monoisotopic (exact) mass is 361 g/mol. The lowest BCUT2D eigenvalue weighted by Crippen LogP contribution is -2.92. The van der Waals surface area contributed by atoms with E-state index >= 15 is 0 Å². The summed E-state index contributed by atoms with van der Waals surface area (Å²) in [6, 6.07) is 7.99. The molecular formula is C21H30ClN2O+. The van der Waals surface area contributed by atoms with Crippen LogP contribution in [0.1, 0.15) is 64.0 Å². The van der Waals surface area contributed by atoms with Crippen LogP contribution < -0.4 is 10.6 Å². The van der Waals surface area contributed by atoms with Crippen molar-refractivity contribution < 1.29 is 10.1 Å². The lowest BCUT2D eigenvalue weighted by molar-refractivity contribution is -0.710. The number of nitrogens with two attached hydrogens (primary N) is 1. The van der Waals surface area contributed by atoms with Crippen LogP contribution in [0.3, 0.4) is 0 Å². The number of benzene rings is 1. The van der Waals surface area contributed by atoms with E-state index in [0.29, 0.717) is 0 Å². The number of nitrogens with one attached hydrogen (secondary N) is 1. The molecule has 0 saturated heterocycles. The predicted octanol–water partition coefficient (Wildman–Crippen LogP) is 3.44. The van der Waals surface area contributed by atoms with Crippen LogP contribution >= 0.6 is 11.6 Å². The van der Waals surface area contributed by atoms with Gasteiger partial charge in [0.15, 0.2) is 6.04 Å². The van der Waals surface area contributed by atoms with Crippen LogP contribution in [-0.4, -0.2) is 17.5 Å². The van der Waals surface area contributed by atoms with Gasteiger partial charge in [0, 0.05) is 16.1 Å². The van der Waals surface area contributed by atoms with Crippen LogP contribution in [-0.2, 0) is 4.79 Å². The summed E-state index contributed by atoms with van der Waals surface area (Å²) in [6.45, 7) is 4.14. The van der Waals surface area contributed by atoms with Gasteiger partial charge in [-0.25, -0.2) is 0 Å². The summed E-state index contributed by atoms with van der Waals surface area (Å²) in [6.07, 6.45) is 7.83. The Morgan fingerprint density at radius 3 is 2.24 bits per heavy atom. The first-order valence-electron chi connectivity index (χ1n) is 9.85. The Balaban J connectivity index is 1.39. The Morgan fingerprint density at radius 1 is 1.12 bits per heavy atom. The van der Waals surface area contributed by atoms with E-state index in [1.54, 1.807) is 0 Å². The van der Waals surface area contributed by atoms with Gasteiger partial charge < -0.3 is 10.6 Å². The van der Waals surface area contributed by atoms with Crippen molar-refractivity contribution in [3.8, 4) is 0 Å². The van der Waals surface area contributed by atoms with Crippen LogP contribution in [0.25, 0.3) is 0 Å². The molecule has 2 atom stereocenters. The third-order valence-corrected chi connectivity index (χ3v) is 7.16. The molecule has 4 aliphatic carbocycles. The highest BCUT2D eigenvalue weighted by Crippen LogP contribution is 2.55. The quantitative estimate of drug-likeness (QED) is 0.829. The predicted molar refractivity (Wildman–Crippen MR) is 100 cm³/mol. The second-order valence-corrected chi connectivity index (χ2v) is 9.39. The summed E-state index contributed by atoms with van der Waals surface area (Å²) in [5, 5.41) is 6.41. The second kappa shape index (κ2) is 6.59. The molecule has 3 N–H and O–H groups in total. The van der Waals surface area contributed by atoms with E-state index in [9.17, 15) is 4.79 Å². The maximum absolute atomic E-state index is 12.9. The number of carbonyl (C=O) groups excluding carboxylic acids is 1. The lowest BCUT2D eigenvalue weighted by Gasteiger charge is -2.57. The molecule has 4 heteroatoms. The first kappa shape index (κ1) is 17.4. The van der Waals surface area contributed by atoms with Crippen molar-refractivity contribution in [2.24, 2.45) is 17.8 Å². The highest BCUT2D eigenvalue weighted by molar-refractivity contribution is 6.31. The van der Waals surface area contributed by atoms with Crippen molar-refractivity contribution in [3.05, 3.63) is 34.9 Å². The lowest BCUT2D eigenvalue weighted by atomic mass is 9.53. The highest BCUT2D eigenvalue weighted by atomic mass is 35.5. The summed E-state index contributed by atoms with van der Waals surface area (Å²) in [5.41, 5.74) is 1.19. The zero-order chi connectivity index (χ0) is 17.6. The summed E-state index contributed by atoms with van der Waals surface area (Å²) >= 11 is 6.31. The van der Waals surface area contributed by atoms with Gasteiger partial charge in [-0.3, -0.25) is 4.79 Å². The van der Waals surface area contributed by atoms with E-state index in [1.807, 2.05) is 31.2 Å². The van der Waals surface area contributed by atoms with Crippen molar-refractivity contribution in [1.82, 2.24) is 5.32 Å². The summed E-state index contributed by atoms with van der Waals surface area (Å²) in [5.74, 6) is 2.76. The van der Waals surface area contributed by atoms with Crippen molar-refractivity contribution in [2.45, 2.75) is 70.0 Å². The minimum Gasteiger partial charge on any atom is -0.345 e. The maximum Gasteiger partial charge on any atom is 0.278 e. The van der Waals surface area contributed by atoms with Gasteiger partial charge in [0.05, 0.1) is 0 Å². The topological polar surface area (TPSA) is 45.7 Å². The minimum absolute atomic E-state index is 0.0979. The van der Waals surface area contributed by atoms with Gasteiger partial charge in [-0.1, -0.05) is 29.8 Å². The highest BCUT2D eigenvalue weighted by Gasteiger charge is 2.51. The van der Waals surface area contributed by atoms with Crippen molar-refractivity contribution >= 4 is 17.5 Å². The van der Waals surface area contributed by atoms with E-state index in [0.717, 1.165) is 28.3 Å².